The van der Waals surface area contributed by atoms with Crippen molar-refractivity contribution in [2.45, 2.75) is 57.8 Å². The van der Waals surface area contributed by atoms with Crippen LogP contribution in [0.2, 0.25) is 0 Å². The van der Waals surface area contributed by atoms with Gasteiger partial charge in [0.1, 0.15) is 23.0 Å². The van der Waals surface area contributed by atoms with Gasteiger partial charge in [-0.25, -0.2) is 14.2 Å². The Bertz CT molecular complexity index is 1850. The molecule has 0 radical (unpaired) electrons. The zero-order valence-electron chi connectivity index (χ0n) is 25.7. The summed E-state index contributed by atoms with van der Waals surface area (Å²) in [5.74, 6) is -1.35. The average Bonchev–Trinajstić information content (AvgIpc) is 3.60. The first-order valence-electron chi connectivity index (χ1n) is 14.4. The first kappa shape index (κ1) is 32.1. The van der Waals surface area contributed by atoms with Crippen molar-refractivity contribution in [2.75, 3.05) is 38.0 Å². The summed E-state index contributed by atoms with van der Waals surface area (Å²) >= 11 is 0. The van der Waals surface area contributed by atoms with Crippen LogP contribution in [-0.2, 0) is 19.7 Å². The molecule has 240 valence electrons. The molecule has 13 nitrogen and oxygen atoms in total. The zero-order valence-corrected chi connectivity index (χ0v) is 26.5. The van der Waals surface area contributed by atoms with Gasteiger partial charge in [0.25, 0.3) is 5.56 Å². The fraction of sp³-hybridized carbons (Fsp3) is 0.467. The van der Waals surface area contributed by atoms with E-state index in [1.165, 1.54) is 36.1 Å². The van der Waals surface area contributed by atoms with E-state index in [9.17, 15) is 27.7 Å². The second-order valence-corrected chi connectivity index (χ2v) is 14.0. The van der Waals surface area contributed by atoms with Gasteiger partial charge < -0.3 is 19.1 Å². The second-order valence-electron chi connectivity index (χ2n) is 12.2. The van der Waals surface area contributed by atoms with Crippen LogP contribution in [0.25, 0.3) is 10.9 Å². The molecule has 2 fully saturated rings. The van der Waals surface area contributed by atoms with Crippen molar-refractivity contribution in [1.82, 2.24) is 18.8 Å². The summed E-state index contributed by atoms with van der Waals surface area (Å²) in [7, 11) is -2.65. The van der Waals surface area contributed by atoms with Crippen LogP contribution >= 0.6 is 0 Å². The average molecular weight is 643 g/mol. The molecule has 5 rings (SSSR count). The number of nitriles is 1. The maximum atomic E-state index is 14.9. The number of ether oxygens (including phenoxy) is 3. The van der Waals surface area contributed by atoms with E-state index < -0.39 is 39.1 Å². The molecular formula is C30H35FN6O7S. The Labute approximate surface area is 260 Å². The second kappa shape index (κ2) is 11.9. The van der Waals surface area contributed by atoms with Gasteiger partial charge in [-0.2, -0.15) is 18.0 Å². The lowest BCUT2D eigenvalue weighted by Crippen LogP contribution is -2.39. The summed E-state index contributed by atoms with van der Waals surface area (Å²) in [6.07, 6.45) is 2.14. The van der Waals surface area contributed by atoms with E-state index in [0.29, 0.717) is 31.4 Å². The number of aromatic nitrogens is 2. The van der Waals surface area contributed by atoms with E-state index in [-0.39, 0.29) is 47.1 Å². The van der Waals surface area contributed by atoms with Gasteiger partial charge in [-0.15, -0.1) is 0 Å². The predicted molar refractivity (Wildman–Crippen MR) is 163 cm³/mol. The van der Waals surface area contributed by atoms with Gasteiger partial charge in [0.05, 0.1) is 47.7 Å². The number of nitrogens with zero attached hydrogens (tertiary/aromatic N) is 5. The van der Waals surface area contributed by atoms with Crippen molar-refractivity contribution in [1.29, 1.82) is 5.26 Å². The summed E-state index contributed by atoms with van der Waals surface area (Å²) in [5.41, 5.74) is -1.75. The molecule has 1 spiro atoms. The van der Waals surface area contributed by atoms with Crippen LogP contribution < -0.4 is 15.0 Å². The number of benzene rings is 2. The molecular weight excluding hydrogens is 607 g/mol. The number of carbonyl (C=O) groups excluding carboxylic acids is 1. The Hall–Kier alpha value is -4.26. The number of carbonyl (C=O) groups is 1. The van der Waals surface area contributed by atoms with Gasteiger partial charge in [-0.3, -0.25) is 14.1 Å². The van der Waals surface area contributed by atoms with Crippen molar-refractivity contribution >= 4 is 32.9 Å². The van der Waals surface area contributed by atoms with Crippen LogP contribution in [0.3, 0.4) is 0 Å². The topological polar surface area (TPSA) is 156 Å². The number of likely N-dealkylation sites (tertiary alicyclic amines) is 1. The highest BCUT2D eigenvalue weighted by Gasteiger charge is 2.48. The van der Waals surface area contributed by atoms with Gasteiger partial charge in [-0.05, 0) is 57.5 Å². The SMILES string of the molecule is CCN(C)S(=O)(=O)Nc1ccc(F)c(Oc2ccc3ncn([C@@H]4CO[C@@]5(CCN(C(=O)OC(C)(C)C)C5)C4)c(=O)c3c2)c1C#N. The van der Waals surface area contributed by atoms with Crippen LogP contribution in [0.1, 0.15) is 52.1 Å². The highest BCUT2D eigenvalue weighted by molar-refractivity contribution is 7.90. The molecule has 2 aromatic carbocycles. The van der Waals surface area contributed by atoms with Gasteiger partial charge in [-0.1, -0.05) is 6.92 Å². The van der Waals surface area contributed by atoms with E-state index in [1.807, 2.05) is 26.8 Å². The molecule has 45 heavy (non-hydrogen) atoms. The first-order valence-corrected chi connectivity index (χ1v) is 15.9. The van der Waals surface area contributed by atoms with Gasteiger partial charge in [0.2, 0.25) is 0 Å². The van der Waals surface area contributed by atoms with Crippen molar-refractivity contribution < 1.29 is 31.8 Å². The van der Waals surface area contributed by atoms with Crippen LogP contribution in [0.5, 0.6) is 11.5 Å². The van der Waals surface area contributed by atoms with E-state index in [2.05, 4.69) is 9.71 Å². The van der Waals surface area contributed by atoms with Crippen molar-refractivity contribution in [3.05, 3.63) is 58.4 Å². The van der Waals surface area contributed by atoms with Crippen molar-refractivity contribution in [3.8, 4) is 17.6 Å². The van der Waals surface area contributed by atoms with Gasteiger partial charge in [0, 0.05) is 26.6 Å². The fourth-order valence-electron chi connectivity index (χ4n) is 5.41. The van der Waals surface area contributed by atoms with Crippen LogP contribution in [-0.4, -0.2) is 77.8 Å². The number of rotatable bonds is 7. The molecule has 0 saturated carbocycles. The van der Waals surface area contributed by atoms with Crippen molar-refractivity contribution in [2.24, 2.45) is 0 Å². The fourth-order valence-corrected chi connectivity index (χ4v) is 6.35. The minimum absolute atomic E-state index is 0.0446. The standard InChI is InChI=1S/C30H35FN6O7S/c1-6-35(5)45(40,41)34-25-10-8-23(31)26(22(25)15-32)43-20-7-9-24-21(13-20)27(38)37(18-33-24)19-14-30(42-16-19)11-12-36(17-30)28(39)44-29(2,3)4/h7-10,13,18-19,34H,6,11-12,14,16-17H2,1-5H3/t19-,30-/m0/s1. The molecule has 3 aromatic rings. The lowest BCUT2D eigenvalue weighted by molar-refractivity contribution is 0.000168. The highest BCUT2D eigenvalue weighted by Crippen LogP contribution is 2.40. The highest BCUT2D eigenvalue weighted by atomic mass is 32.2. The Kier molecular flexibility index (Phi) is 8.51. The molecule has 3 heterocycles. The minimum Gasteiger partial charge on any atom is -0.453 e. The third kappa shape index (κ3) is 6.58. The smallest absolute Gasteiger partial charge is 0.410 e. The molecule has 2 aliphatic heterocycles. The molecule has 0 unspecified atom stereocenters. The van der Waals surface area contributed by atoms with E-state index in [0.717, 1.165) is 16.4 Å². The summed E-state index contributed by atoms with van der Waals surface area (Å²) in [6.45, 7) is 8.31. The number of fused-ring (bicyclic) bond motifs is 1. The Morgan fingerprint density at radius 3 is 2.76 bits per heavy atom. The summed E-state index contributed by atoms with van der Waals surface area (Å²) < 4.78 is 62.3. The van der Waals surface area contributed by atoms with Crippen molar-refractivity contribution in [3.63, 3.8) is 0 Å². The van der Waals surface area contributed by atoms with E-state index in [4.69, 9.17) is 14.2 Å². The Morgan fingerprint density at radius 1 is 1.31 bits per heavy atom. The molecule has 1 N–H and O–H groups in total. The maximum Gasteiger partial charge on any atom is 0.410 e. The molecule has 1 amide bonds. The Morgan fingerprint density at radius 2 is 2.07 bits per heavy atom. The number of hydrogen-bond acceptors (Lipinski definition) is 9. The zero-order chi connectivity index (χ0) is 32.7. The quantitative estimate of drug-likeness (QED) is 0.400. The number of anilines is 1. The maximum absolute atomic E-state index is 14.9. The van der Waals surface area contributed by atoms with Gasteiger partial charge in [0.15, 0.2) is 11.6 Å². The third-order valence-corrected chi connectivity index (χ3v) is 9.40. The first-order chi connectivity index (χ1) is 21.1. The minimum atomic E-state index is -4.00. The molecule has 0 bridgehead atoms. The largest absolute Gasteiger partial charge is 0.453 e. The van der Waals surface area contributed by atoms with E-state index >= 15 is 0 Å². The number of halogens is 1. The number of hydrogen-bond donors (Lipinski definition) is 1. The lowest BCUT2D eigenvalue weighted by Gasteiger charge is -2.26. The van der Waals surface area contributed by atoms with E-state index in [1.54, 1.807) is 11.8 Å². The third-order valence-electron chi connectivity index (χ3n) is 7.84. The Balaban J connectivity index is 1.39. The molecule has 2 aliphatic rings. The summed E-state index contributed by atoms with van der Waals surface area (Å²) in [5, 5.41) is 10.00. The monoisotopic (exact) mass is 642 g/mol. The number of nitrogens with one attached hydrogen (secondary N) is 1. The van der Waals surface area contributed by atoms with Crippen LogP contribution in [0, 0.1) is 17.1 Å². The normalized spacial score (nSPS) is 20.1. The summed E-state index contributed by atoms with van der Waals surface area (Å²) in [6, 6.07) is 7.99. The number of amides is 1. The summed E-state index contributed by atoms with van der Waals surface area (Å²) in [4.78, 5) is 32.3. The lowest BCUT2D eigenvalue weighted by atomic mass is 9.97. The molecule has 0 aliphatic carbocycles. The van der Waals surface area contributed by atoms with Gasteiger partial charge >= 0.3 is 16.3 Å². The van der Waals surface area contributed by atoms with Crippen LogP contribution in [0.15, 0.2) is 41.5 Å². The molecule has 2 saturated heterocycles. The molecule has 2 atom stereocenters. The molecule has 1 aromatic heterocycles. The van der Waals surface area contributed by atoms with Crippen LogP contribution in [0.4, 0.5) is 14.9 Å². The predicted octanol–water partition coefficient (Wildman–Crippen LogP) is 4.15. The molecule has 15 heteroatoms.